The fourth-order valence-electron chi connectivity index (χ4n) is 2.50. The van der Waals surface area contributed by atoms with Crippen molar-refractivity contribution in [2.75, 3.05) is 38.5 Å². The van der Waals surface area contributed by atoms with Crippen LogP contribution in [-0.2, 0) is 15.8 Å². The molecule has 0 spiro atoms. The Hall–Kier alpha value is -1.11. The average Bonchev–Trinajstić information content (AvgIpc) is 2.42. The van der Waals surface area contributed by atoms with E-state index in [0.29, 0.717) is 24.3 Å². The number of nitrogens with zero attached hydrogens (tertiary/aromatic N) is 2. The van der Waals surface area contributed by atoms with E-state index in [4.69, 9.17) is 5.73 Å². The van der Waals surface area contributed by atoms with Gasteiger partial charge in [-0.15, -0.1) is 0 Å². The van der Waals surface area contributed by atoms with Gasteiger partial charge < -0.3 is 10.6 Å². The van der Waals surface area contributed by atoms with Crippen LogP contribution in [0.15, 0.2) is 24.3 Å². The number of nitrogen functional groups attached to an aromatic ring is 1. The van der Waals surface area contributed by atoms with E-state index < -0.39 is 10.0 Å². The van der Waals surface area contributed by atoms with Gasteiger partial charge in [0, 0.05) is 31.9 Å². The van der Waals surface area contributed by atoms with Crippen LogP contribution >= 0.6 is 0 Å². The van der Waals surface area contributed by atoms with Crippen LogP contribution in [0.3, 0.4) is 0 Å². The lowest BCUT2D eigenvalue weighted by Crippen LogP contribution is -2.49. The maximum Gasteiger partial charge on any atom is 0.218 e. The van der Waals surface area contributed by atoms with Crippen LogP contribution in [-0.4, -0.2) is 50.3 Å². The van der Waals surface area contributed by atoms with Crippen molar-refractivity contribution < 1.29 is 8.42 Å². The molecule has 0 aromatic heterocycles. The predicted molar refractivity (Wildman–Crippen MR) is 81.8 cm³/mol. The van der Waals surface area contributed by atoms with Crippen molar-refractivity contribution in [2.45, 2.75) is 19.1 Å². The van der Waals surface area contributed by atoms with E-state index >= 15 is 0 Å². The first-order valence-electron chi connectivity index (χ1n) is 7.06. The zero-order valence-corrected chi connectivity index (χ0v) is 12.8. The summed E-state index contributed by atoms with van der Waals surface area (Å²) in [4.78, 5) is 2.31. The highest BCUT2D eigenvalue weighted by Gasteiger charge is 2.27. The van der Waals surface area contributed by atoms with E-state index in [2.05, 4.69) is 11.8 Å². The van der Waals surface area contributed by atoms with E-state index in [1.165, 1.54) is 0 Å². The van der Waals surface area contributed by atoms with Crippen molar-refractivity contribution >= 4 is 15.7 Å². The molecule has 1 heterocycles. The minimum atomic E-state index is -3.27. The number of rotatable bonds is 5. The molecule has 1 aliphatic rings. The van der Waals surface area contributed by atoms with Crippen molar-refractivity contribution in [2.24, 2.45) is 0 Å². The summed E-state index contributed by atoms with van der Waals surface area (Å²) in [5.74, 6) is -0.00650. The smallest absolute Gasteiger partial charge is 0.218 e. The highest BCUT2D eigenvalue weighted by atomic mass is 32.2. The first-order valence-corrected chi connectivity index (χ1v) is 8.67. The van der Waals surface area contributed by atoms with E-state index in [0.717, 1.165) is 26.1 Å². The Morgan fingerprint density at radius 2 is 1.80 bits per heavy atom. The molecule has 0 amide bonds. The second-order valence-corrected chi connectivity index (χ2v) is 7.16. The van der Waals surface area contributed by atoms with Gasteiger partial charge in [-0.25, -0.2) is 8.42 Å². The Balaban J connectivity index is 2.00. The molecule has 0 unspecified atom stereocenters. The lowest BCUT2D eigenvalue weighted by molar-refractivity contribution is 0.188. The molecule has 0 radical (unpaired) electrons. The summed E-state index contributed by atoms with van der Waals surface area (Å²) in [7, 11) is -3.27. The largest absolute Gasteiger partial charge is 0.398 e. The Morgan fingerprint density at radius 3 is 2.40 bits per heavy atom. The number of hydrogen-bond acceptors (Lipinski definition) is 4. The SMILES string of the molecule is CCCN1CCN(S(=O)(=O)Cc2ccccc2N)CC1. The average molecular weight is 297 g/mol. The van der Waals surface area contributed by atoms with Crippen LogP contribution in [0.25, 0.3) is 0 Å². The lowest BCUT2D eigenvalue weighted by Gasteiger charge is -2.33. The highest BCUT2D eigenvalue weighted by Crippen LogP contribution is 2.18. The van der Waals surface area contributed by atoms with Crippen LogP contribution in [0.2, 0.25) is 0 Å². The molecule has 6 heteroatoms. The van der Waals surface area contributed by atoms with Gasteiger partial charge >= 0.3 is 0 Å². The molecule has 1 aromatic rings. The minimum absolute atomic E-state index is 0.00650. The minimum Gasteiger partial charge on any atom is -0.398 e. The molecule has 0 saturated carbocycles. The molecule has 0 aliphatic carbocycles. The third kappa shape index (κ3) is 3.71. The fourth-order valence-corrected chi connectivity index (χ4v) is 4.06. The van der Waals surface area contributed by atoms with Gasteiger partial charge in [-0.05, 0) is 24.6 Å². The summed E-state index contributed by atoms with van der Waals surface area (Å²) in [6, 6.07) is 7.15. The third-order valence-electron chi connectivity index (χ3n) is 3.66. The summed E-state index contributed by atoms with van der Waals surface area (Å²) in [6.45, 7) is 5.97. The van der Waals surface area contributed by atoms with Crippen LogP contribution < -0.4 is 5.73 Å². The Labute approximate surface area is 121 Å². The molecule has 112 valence electrons. The van der Waals surface area contributed by atoms with Crippen molar-refractivity contribution in [1.29, 1.82) is 0 Å². The third-order valence-corrected chi connectivity index (χ3v) is 5.49. The van der Waals surface area contributed by atoms with E-state index in [-0.39, 0.29) is 5.75 Å². The monoisotopic (exact) mass is 297 g/mol. The van der Waals surface area contributed by atoms with Gasteiger partial charge in [-0.3, -0.25) is 0 Å². The number of piperazine rings is 1. The van der Waals surface area contributed by atoms with Crippen molar-refractivity contribution in [3.8, 4) is 0 Å². The maximum absolute atomic E-state index is 12.4. The number of para-hydroxylation sites is 1. The number of benzene rings is 1. The van der Waals surface area contributed by atoms with Gasteiger partial charge in [0.25, 0.3) is 0 Å². The lowest BCUT2D eigenvalue weighted by atomic mass is 10.2. The molecule has 1 aliphatic heterocycles. The van der Waals surface area contributed by atoms with Crippen molar-refractivity contribution in [3.63, 3.8) is 0 Å². The molecule has 0 bridgehead atoms. The van der Waals surface area contributed by atoms with Crippen LogP contribution in [0, 0.1) is 0 Å². The fraction of sp³-hybridized carbons (Fsp3) is 0.571. The quantitative estimate of drug-likeness (QED) is 0.827. The standard InChI is InChI=1S/C14H23N3O2S/c1-2-7-16-8-10-17(11-9-16)20(18,19)12-13-5-3-4-6-14(13)15/h3-6H,2,7-12,15H2,1H3. The van der Waals surface area contributed by atoms with Gasteiger partial charge in [-0.1, -0.05) is 25.1 Å². The zero-order chi connectivity index (χ0) is 14.6. The van der Waals surface area contributed by atoms with Crippen molar-refractivity contribution in [3.05, 3.63) is 29.8 Å². The molecule has 1 aromatic carbocycles. The summed E-state index contributed by atoms with van der Waals surface area (Å²) in [6.07, 6.45) is 1.10. The van der Waals surface area contributed by atoms with Crippen LogP contribution in [0.4, 0.5) is 5.69 Å². The molecule has 0 atom stereocenters. The second kappa shape index (κ2) is 6.56. The zero-order valence-electron chi connectivity index (χ0n) is 12.0. The molecular formula is C14H23N3O2S. The number of hydrogen-bond donors (Lipinski definition) is 1. The van der Waals surface area contributed by atoms with E-state index in [1.54, 1.807) is 16.4 Å². The van der Waals surface area contributed by atoms with Crippen LogP contribution in [0.5, 0.6) is 0 Å². The maximum atomic E-state index is 12.4. The first-order chi connectivity index (χ1) is 9.53. The predicted octanol–water partition coefficient (Wildman–Crippen LogP) is 1.13. The number of nitrogens with two attached hydrogens (primary N) is 1. The first kappa shape index (κ1) is 15.3. The topological polar surface area (TPSA) is 66.6 Å². The van der Waals surface area contributed by atoms with Gasteiger partial charge in [0.05, 0.1) is 5.75 Å². The molecule has 1 fully saturated rings. The molecule has 2 rings (SSSR count). The van der Waals surface area contributed by atoms with Gasteiger partial charge in [0.15, 0.2) is 0 Å². The normalized spacial score (nSPS) is 18.2. The van der Waals surface area contributed by atoms with Crippen LogP contribution in [0.1, 0.15) is 18.9 Å². The molecule has 5 nitrogen and oxygen atoms in total. The summed E-state index contributed by atoms with van der Waals surface area (Å²) in [5, 5.41) is 0. The van der Waals surface area contributed by atoms with Gasteiger partial charge in [0.1, 0.15) is 0 Å². The second-order valence-electron chi connectivity index (χ2n) is 5.20. The van der Waals surface area contributed by atoms with Crippen molar-refractivity contribution in [1.82, 2.24) is 9.21 Å². The van der Waals surface area contributed by atoms with Gasteiger partial charge in [0.2, 0.25) is 10.0 Å². The van der Waals surface area contributed by atoms with E-state index in [1.807, 2.05) is 12.1 Å². The molecule has 1 saturated heterocycles. The Bertz CT molecular complexity index is 537. The summed E-state index contributed by atoms with van der Waals surface area (Å²) >= 11 is 0. The molecular weight excluding hydrogens is 274 g/mol. The summed E-state index contributed by atoms with van der Waals surface area (Å²) < 4.78 is 26.4. The Kier molecular flexibility index (Phi) is 5.01. The van der Waals surface area contributed by atoms with E-state index in [9.17, 15) is 8.42 Å². The summed E-state index contributed by atoms with van der Waals surface area (Å²) in [5.41, 5.74) is 7.05. The molecule has 2 N–H and O–H groups in total. The molecule has 20 heavy (non-hydrogen) atoms. The number of sulfonamides is 1. The highest BCUT2D eigenvalue weighted by molar-refractivity contribution is 7.88. The Morgan fingerprint density at radius 1 is 1.15 bits per heavy atom. The number of anilines is 1. The van der Waals surface area contributed by atoms with Gasteiger partial charge in [-0.2, -0.15) is 4.31 Å².